The molecule has 1 fully saturated rings. The van der Waals surface area contributed by atoms with Crippen LogP contribution in [0.1, 0.15) is 33.6 Å². The molecule has 0 heterocycles. The van der Waals surface area contributed by atoms with E-state index in [4.69, 9.17) is 4.74 Å². The lowest BCUT2D eigenvalue weighted by Crippen LogP contribution is -2.42. The van der Waals surface area contributed by atoms with Gasteiger partial charge in [-0.2, -0.15) is 0 Å². The molecule has 0 aromatic carbocycles. The van der Waals surface area contributed by atoms with Crippen LogP contribution in [-0.2, 0) is 14.3 Å². The third-order valence-corrected chi connectivity index (χ3v) is 2.14. The number of esters is 1. The van der Waals surface area contributed by atoms with Gasteiger partial charge in [0.25, 0.3) is 0 Å². The lowest BCUT2D eigenvalue weighted by Gasteiger charge is -2.35. The van der Waals surface area contributed by atoms with Crippen molar-refractivity contribution < 1.29 is 27.4 Å². The second-order valence-electron chi connectivity index (χ2n) is 4.89. The van der Waals surface area contributed by atoms with Crippen molar-refractivity contribution in [2.24, 2.45) is 5.92 Å². The van der Waals surface area contributed by atoms with Gasteiger partial charge in [-0.15, -0.1) is 13.2 Å². The Morgan fingerprint density at radius 2 is 1.69 bits per heavy atom. The third kappa shape index (κ3) is 4.38. The van der Waals surface area contributed by atoms with Crippen molar-refractivity contribution in [3.63, 3.8) is 0 Å². The smallest absolute Gasteiger partial charge is 0.460 e. The molecule has 0 bridgehead atoms. The first-order valence-electron chi connectivity index (χ1n) is 5.04. The number of ether oxygens (including phenoxy) is 2. The van der Waals surface area contributed by atoms with Crippen LogP contribution in [0.4, 0.5) is 13.2 Å². The highest BCUT2D eigenvalue weighted by Gasteiger charge is 2.43. The first-order chi connectivity index (χ1) is 7.07. The first kappa shape index (κ1) is 13.3. The fraction of sp³-hybridized carbons (Fsp3) is 0.900. The molecule has 0 radical (unpaired) electrons. The van der Waals surface area contributed by atoms with Crippen LogP contribution in [0.3, 0.4) is 0 Å². The van der Waals surface area contributed by atoms with Crippen LogP contribution in [0.25, 0.3) is 0 Å². The molecule has 0 atom stereocenters. The Morgan fingerprint density at radius 3 is 2.06 bits per heavy atom. The molecule has 0 N–H and O–H groups in total. The topological polar surface area (TPSA) is 35.5 Å². The quantitative estimate of drug-likeness (QED) is 0.696. The van der Waals surface area contributed by atoms with E-state index in [0.29, 0.717) is 0 Å². The van der Waals surface area contributed by atoms with Gasteiger partial charge in [-0.1, -0.05) is 0 Å². The van der Waals surface area contributed by atoms with Gasteiger partial charge in [-0.05, 0) is 33.6 Å². The van der Waals surface area contributed by atoms with Crippen molar-refractivity contribution in [3.05, 3.63) is 0 Å². The molecule has 0 aliphatic heterocycles. The Hall–Kier alpha value is -0.780. The van der Waals surface area contributed by atoms with Gasteiger partial charge >= 0.3 is 12.3 Å². The molecule has 1 aliphatic rings. The molecule has 1 saturated carbocycles. The summed E-state index contributed by atoms with van der Waals surface area (Å²) in [5.41, 5.74) is -0.604. The van der Waals surface area contributed by atoms with Crippen molar-refractivity contribution in [2.45, 2.75) is 51.7 Å². The molecule has 0 aromatic heterocycles. The fourth-order valence-corrected chi connectivity index (χ4v) is 1.43. The Morgan fingerprint density at radius 1 is 1.19 bits per heavy atom. The Labute approximate surface area is 91.9 Å². The lowest BCUT2D eigenvalue weighted by atomic mass is 9.82. The predicted molar refractivity (Wildman–Crippen MR) is 49.5 cm³/mol. The van der Waals surface area contributed by atoms with E-state index >= 15 is 0 Å². The van der Waals surface area contributed by atoms with Crippen molar-refractivity contribution in [3.8, 4) is 0 Å². The number of carbonyl (C=O) groups is 1. The number of hydrogen-bond acceptors (Lipinski definition) is 3. The van der Waals surface area contributed by atoms with Crippen LogP contribution in [-0.4, -0.2) is 24.0 Å². The summed E-state index contributed by atoms with van der Waals surface area (Å²) < 4.78 is 44.2. The third-order valence-electron chi connectivity index (χ3n) is 2.14. The Bertz CT molecular complexity index is 261. The number of rotatable bonds is 2. The highest BCUT2D eigenvalue weighted by Crippen LogP contribution is 2.36. The average molecular weight is 240 g/mol. The first-order valence-corrected chi connectivity index (χ1v) is 5.04. The molecule has 0 unspecified atom stereocenters. The van der Waals surface area contributed by atoms with Crippen molar-refractivity contribution in [2.75, 3.05) is 0 Å². The Kier molecular flexibility index (Phi) is 3.52. The van der Waals surface area contributed by atoms with Gasteiger partial charge in [-0.25, -0.2) is 0 Å². The minimum absolute atomic E-state index is 0.0778. The SMILES string of the molecule is CC(C)(C)OC(=O)C1CC(OC(F)(F)F)C1. The number of alkyl halides is 3. The van der Waals surface area contributed by atoms with Crippen LogP contribution in [0.2, 0.25) is 0 Å². The van der Waals surface area contributed by atoms with Crippen LogP contribution in [0.5, 0.6) is 0 Å². The Balaban J connectivity index is 2.28. The van der Waals surface area contributed by atoms with E-state index < -0.39 is 30.0 Å². The molecule has 3 nitrogen and oxygen atoms in total. The fourth-order valence-electron chi connectivity index (χ4n) is 1.43. The van der Waals surface area contributed by atoms with E-state index in [1.54, 1.807) is 20.8 Å². The summed E-state index contributed by atoms with van der Waals surface area (Å²) in [6.07, 6.45) is -5.37. The summed E-state index contributed by atoms with van der Waals surface area (Å²) in [7, 11) is 0. The summed E-state index contributed by atoms with van der Waals surface area (Å²) in [6.45, 7) is 5.15. The molecule has 0 spiro atoms. The monoisotopic (exact) mass is 240 g/mol. The zero-order valence-electron chi connectivity index (χ0n) is 9.43. The lowest BCUT2D eigenvalue weighted by molar-refractivity contribution is -0.353. The average Bonchev–Trinajstić information content (AvgIpc) is 1.89. The molecular weight excluding hydrogens is 225 g/mol. The summed E-state index contributed by atoms with van der Waals surface area (Å²) in [5, 5.41) is 0. The van der Waals surface area contributed by atoms with Crippen LogP contribution < -0.4 is 0 Å². The van der Waals surface area contributed by atoms with Crippen LogP contribution in [0, 0.1) is 5.92 Å². The van der Waals surface area contributed by atoms with Crippen molar-refractivity contribution in [1.29, 1.82) is 0 Å². The van der Waals surface area contributed by atoms with Crippen molar-refractivity contribution >= 4 is 5.97 Å². The maximum Gasteiger partial charge on any atom is 0.522 e. The second kappa shape index (κ2) is 4.24. The predicted octanol–water partition coefficient (Wildman–Crippen LogP) is 2.64. The summed E-state index contributed by atoms with van der Waals surface area (Å²) >= 11 is 0. The highest BCUT2D eigenvalue weighted by atomic mass is 19.4. The molecule has 6 heteroatoms. The van der Waals surface area contributed by atoms with Gasteiger partial charge in [0.15, 0.2) is 0 Å². The van der Waals surface area contributed by atoms with E-state index in [-0.39, 0.29) is 12.8 Å². The largest absolute Gasteiger partial charge is 0.522 e. The summed E-state index contributed by atoms with van der Waals surface area (Å²) in [4.78, 5) is 11.4. The van der Waals surface area contributed by atoms with Crippen LogP contribution >= 0.6 is 0 Å². The molecule has 1 aliphatic carbocycles. The zero-order chi connectivity index (χ0) is 12.6. The van der Waals surface area contributed by atoms with E-state index in [1.165, 1.54) is 0 Å². The number of carbonyl (C=O) groups excluding carboxylic acids is 1. The number of halogens is 3. The van der Waals surface area contributed by atoms with E-state index in [2.05, 4.69) is 4.74 Å². The van der Waals surface area contributed by atoms with Gasteiger partial charge in [-0.3, -0.25) is 9.53 Å². The van der Waals surface area contributed by atoms with E-state index in [1.807, 2.05) is 0 Å². The van der Waals surface area contributed by atoms with E-state index in [0.717, 1.165) is 0 Å². The summed E-state index contributed by atoms with van der Waals surface area (Å²) in [5.74, 6) is -0.916. The zero-order valence-corrected chi connectivity index (χ0v) is 9.43. The molecule has 94 valence electrons. The van der Waals surface area contributed by atoms with Gasteiger partial charge in [0, 0.05) is 0 Å². The van der Waals surface area contributed by atoms with Gasteiger partial charge in [0.1, 0.15) is 5.60 Å². The van der Waals surface area contributed by atoms with Gasteiger partial charge < -0.3 is 4.74 Å². The molecule has 16 heavy (non-hydrogen) atoms. The highest BCUT2D eigenvalue weighted by molar-refractivity contribution is 5.74. The van der Waals surface area contributed by atoms with Gasteiger partial charge in [0.2, 0.25) is 0 Å². The molecule has 0 amide bonds. The second-order valence-corrected chi connectivity index (χ2v) is 4.89. The normalized spacial score (nSPS) is 26.1. The molecule has 0 saturated heterocycles. The molecular formula is C10H15F3O3. The minimum Gasteiger partial charge on any atom is -0.460 e. The van der Waals surface area contributed by atoms with E-state index in [9.17, 15) is 18.0 Å². The molecule has 0 aromatic rings. The molecule has 1 rings (SSSR count). The standard InChI is InChI=1S/C10H15F3O3/c1-9(2,3)16-8(14)6-4-7(5-6)15-10(11,12)13/h6-7H,4-5H2,1-3H3. The van der Waals surface area contributed by atoms with Gasteiger partial charge in [0.05, 0.1) is 12.0 Å². The summed E-state index contributed by atoms with van der Waals surface area (Å²) in [6, 6.07) is 0. The maximum atomic E-state index is 11.8. The number of hydrogen-bond donors (Lipinski definition) is 0. The minimum atomic E-state index is -4.62. The van der Waals surface area contributed by atoms with Crippen molar-refractivity contribution in [1.82, 2.24) is 0 Å². The van der Waals surface area contributed by atoms with Crippen LogP contribution in [0.15, 0.2) is 0 Å². The maximum absolute atomic E-state index is 11.8.